The lowest BCUT2D eigenvalue weighted by atomic mass is 10.1. The molecule has 0 aliphatic heterocycles. The van der Waals surface area contributed by atoms with Crippen LogP contribution in [0.4, 0.5) is 0 Å². The van der Waals surface area contributed by atoms with E-state index < -0.39 is 18.2 Å². The summed E-state index contributed by atoms with van der Waals surface area (Å²) in [6.07, 6.45) is 22.8. The highest BCUT2D eigenvalue weighted by molar-refractivity contribution is 5.66. The van der Waals surface area contributed by atoms with Gasteiger partial charge in [0.05, 0.1) is 12.2 Å². The third-order valence-electron chi connectivity index (χ3n) is 3.93. The van der Waals surface area contributed by atoms with Crippen LogP contribution in [0.15, 0.2) is 48.6 Å². The normalized spacial score (nSPS) is 14.9. The number of aliphatic carboxylic acids is 1. The Morgan fingerprint density at radius 1 is 0.808 bits per heavy atom. The molecule has 2 unspecified atom stereocenters. The number of hydrogen-bond donors (Lipinski definition) is 3. The van der Waals surface area contributed by atoms with Crippen molar-refractivity contribution in [2.75, 3.05) is 0 Å². The maximum Gasteiger partial charge on any atom is 0.303 e. The van der Waals surface area contributed by atoms with E-state index in [1.54, 1.807) is 0 Å². The van der Waals surface area contributed by atoms with Crippen molar-refractivity contribution in [3.05, 3.63) is 48.6 Å². The molecule has 3 N–H and O–H groups in total. The Kier molecular flexibility index (Phi) is 17.0. The van der Waals surface area contributed by atoms with E-state index in [1.165, 1.54) is 25.7 Å². The number of carboxylic acid groups (broad SMARTS) is 1. The van der Waals surface area contributed by atoms with E-state index in [4.69, 9.17) is 5.11 Å². The van der Waals surface area contributed by atoms with Gasteiger partial charge in [-0.05, 0) is 44.9 Å². The Bertz CT molecular complexity index is 449. The topological polar surface area (TPSA) is 77.8 Å². The second kappa shape index (κ2) is 18.2. The Morgan fingerprint density at radius 2 is 1.35 bits per heavy atom. The van der Waals surface area contributed by atoms with E-state index in [9.17, 15) is 15.0 Å². The second-order valence-electron chi connectivity index (χ2n) is 6.39. The first-order valence-electron chi connectivity index (χ1n) is 9.75. The summed E-state index contributed by atoms with van der Waals surface area (Å²) in [7, 11) is 0. The second-order valence-corrected chi connectivity index (χ2v) is 6.39. The van der Waals surface area contributed by atoms with Gasteiger partial charge in [-0.2, -0.15) is 0 Å². The molecule has 0 amide bonds. The molecular weight excluding hydrogens is 328 g/mol. The van der Waals surface area contributed by atoms with Crippen molar-refractivity contribution in [2.45, 2.75) is 83.3 Å². The van der Waals surface area contributed by atoms with Gasteiger partial charge in [0.2, 0.25) is 0 Å². The third-order valence-corrected chi connectivity index (χ3v) is 3.93. The number of carboxylic acids is 1. The molecule has 2 atom stereocenters. The van der Waals surface area contributed by atoms with Crippen molar-refractivity contribution >= 4 is 5.97 Å². The Balaban J connectivity index is 3.66. The van der Waals surface area contributed by atoms with Crippen LogP contribution in [0.3, 0.4) is 0 Å². The summed E-state index contributed by atoms with van der Waals surface area (Å²) in [6, 6.07) is 0. The zero-order valence-corrected chi connectivity index (χ0v) is 16.1. The van der Waals surface area contributed by atoms with Crippen LogP contribution in [0.5, 0.6) is 0 Å². The van der Waals surface area contributed by atoms with Crippen molar-refractivity contribution in [2.24, 2.45) is 0 Å². The lowest BCUT2D eigenvalue weighted by Gasteiger charge is -2.14. The van der Waals surface area contributed by atoms with Crippen LogP contribution >= 0.6 is 0 Å². The van der Waals surface area contributed by atoms with E-state index in [2.05, 4.69) is 43.4 Å². The van der Waals surface area contributed by atoms with Gasteiger partial charge in [-0.3, -0.25) is 4.79 Å². The summed E-state index contributed by atoms with van der Waals surface area (Å²) in [5.41, 5.74) is 0. The van der Waals surface area contributed by atoms with Crippen LogP contribution in [0.2, 0.25) is 0 Å². The van der Waals surface area contributed by atoms with Gasteiger partial charge in [0.1, 0.15) is 0 Å². The van der Waals surface area contributed by atoms with Crippen LogP contribution in [0.25, 0.3) is 0 Å². The number of unbranched alkanes of at least 4 members (excludes halogenated alkanes) is 3. The zero-order chi connectivity index (χ0) is 19.5. The Morgan fingerprint density at radius 3 is 1.88 bits per heavy atom. The highest BCUT2D eigenvalue weighted by Gasteiger charge is 2.15. The Labute approximate surface area is 158 Å². The van der Waals surface area contributed by atoms with Crippen molar-refractivity contribution in [1.82, 2.24) is 0 Å². The van der Waals surface area contributed by atoms with Crippen molar-refractivity contribution in [3.8, 4) is 0 Å². The smallest absolute Gasteiger partial charge is 0.303 e. The minimum atomic E-state index is -0.989. The average molecular weight is 365 g/mol. The van der Waals surface area contributed by atoms with E-state index >= 15 is 0 Å². The summed E-state index contributed by atoms with van der Waals surface area (Å²) in [6.45, 7) is 2.22. The summed E-state index contributed by atoms with van der Waals surface area (Å²) >= 11 is 0. The van der Waals surface area contributed by atoms with Gasteiger partial charge in [-0.25, -0.2) is 0 Å². The lowest BCUT2D eigenvalue weighted by molar-refractivity contribution is -0.138. The van der Waals surface area contributed by atoms with Crippen LogP contribution in [0.1, 0.15) is 71.1 Å². The van der Waals surface area contributed by atoms with Crippen LogP contribution in [-0.2, 0) is 4.79 Å². The first-order valence-corrected chi connectivity index (χ1v) is 9.75. The van der Waals surface area contributed by atoms with Crippen molar-refractivity contribution in [1.29, 1.82) is 0 Å². The van der Waals surface area contributed by atoms with E-state index in [0.29, 0.717) is 6.42 Å². The predicted molar refractivity (Wildman–Crippen MR) is 108 cm³/mol. The molecule has 0 fully saturated rings. The number of aliphatic hydroxyl groups is 2. The fourth-order valence-corrected chi connectivity index (χ4v) is 2.30. The fourth-order valence-electron chi connectivity index (χ4n) is 2.30. The molecule has 4 heteroatoms. The van der Waals surface area contributed by atoms with E-state index in [1.807, 2.05) is 12.2 Å². The molecule has 0 bridgehead atoms. The van der Waals surface area contributed by atoms with Gasteiger partial charge >= 0.3 is 5.97 Å². The third kappa shape index (κ3) is 17.2. The monoisotopic (exact) mass is 364 g/mol. The summed E-state index contributed by atoms with van der Waals surface area (Å²) in [4.78, 5) is 10.4. The first-order chi connectivity index (χ1) is 12.6. The van der Waals surface area contributed by atoms with E-state index in [0.717, 1.165) is 19.3 Å². The molecule has 0 radical (unpaired) electrons. The van der Waals surface area contributed by atoms with Gasteiger partial charge < -0.3 is 15.3 Å². The number of allylic oxidation sites excluding steroid dienone is 7. The summed E-state index contributed by atoms with van der Waals surface area (Å²) < 4.78 is 0. The molecule has 0 saturated heterocycles. The molecule has 0 aliphatic rings. The molecule has 0 aromatic rings. The number of aliphatic hydroxyl groups excluding tert-OH is 2. The highest BCUT2D eigenvalue weighted by atomic mass is 16.4. The maximum absolute atomic E-state index is 10.4. The molecule has 0 aromatic carbocycles. The molecule has 0 saturated carbocycles. The molecule has 148 valence electrons. The van der Waals surface area contributed by atoms with Crippen LogP contribution in [0, 0.1) is 0 Å². The average Bonchev–Trinajstić information content (AvgIpc) is 2.62. The standard InChI is InChI=1S/C22H36O4/c1-2-3-4-5-6-7-8-9-10-11-12-13-14-15-16-17-20(23)21(24)18-19-22(25)26/h6-7,9-10,12-13,15-16,20-21,23-24H,2-5,8,11,14,17-19H2,1H3,(H,25,26)/b7-6+,10-9+,13-12+,16-15+. The minimum absolute atomic E-state index is 0.0739. The zero-order valence-electron chi connectivity index (χ0n) is 16.1. The summed E-state index contributed by atoms with van der Waals surface area (Å²) in [5, 5.41) is 27.9. The number of hydrogen-bond acceptors (Lipinski definition) is 3. The van der Waals surface area contributed by atoms with Gasteiger partial charge in [-0.15, -0.1) is 0 Å². The van der Waals surface area contributed by atoms with E-state index in [-0.39, 0.29) is 12.8 Å². The Hall–Kier alpha value is -1.65. The maximum atomic E-state index is 10.4. The predicted octanol–water partition coefficient (Wildman–Crippen LogP) is 4.94. The summed E-state index contributed by atoms with van der Waals surface area (Å²) in [5.74, 6) is -0.964. The molecule has 0 rings (SSSR count). The molecule has 26 heavy (non-hydrogen) atoms. The molecule has 4 nitrogen and oxygen atoms in total. The SMILES string of the molecule is CCCCC/C=C/C/C=C/C/C=C/C/C=C/CC(O)C(O)CCC(=O)O. The molecule has 0 aromatic heterocycles. The van der Waals surface area contributed by atoms with Gasteiger partial charge in [0.15, 0.2) is 0 Å². The highest BCUT2D eigenvalue weighted by Crippen LogP contribution is 2.07. The van der Waals surface area contributed by atoms with Crippen LogP contribution < -0.4 is 0 Å². The fraction of sp³-hybridized carbons (Fsp3) is 0.591. The van der Waals surface area contributed by atoms with Crippen molar-refractivity contribution < 1.29 is 20.1 Å². The van der Waals surface area contributed by atoms with Gasteiger partial charge in [0.25, 0.3) is 0 Å². The van der Waals surface area contributed by atoms with Crippen molar-refractivity contribution in [3.63, 3.8) is 0 Å². The lowest BCUT2D eigenvalue weighted by Crippen LogP contribution is -2.25. The van der Waals surface area contributed by atoms with Gasteiger partial charge in [-0.1, -0.05) is 68.4 Å². The number of rotatable bonds is 16. The minimum Gasteiger partial charge on any atom is -0.481 e. The molecular formula is C22H36O4. The molecule has 0 spiro atoms. The van der Waals surface area contributed by atoms with Gasteiger partial charge in [0, 0.05) is 6.42 Å². The largest absolute Gasteiger partial charge is 0.481 e. The molecule has 0 heterocycles. The molecule has 0 aliphatic carbocycles. The first kappa shape index (κ1) is 24.4. The quantitative estimate of drug-likeness (QED) is 0.268. The van der Waals surface area contributed by atoms with Crippen LogP contribution in [-0.4, -0.2) is 33.5 Å². The number of carbonyl (C=O) groups is 1.